The first-order valence-electron chi connectivity index (χ1n) is 8.04. The van der Waals surface area contributed by atoms with Crippen LogP contribution in [0.25, 0.3) is 11.0 Å². The highest BCUT2D eigenvalue weighted by Crippen LogP contribution is 2.35. The highest BCUT2D eigenvalue weighted by atomic mass is 32.1. The molecule has 0 aliphatic carbocycles. The van der Waals surface area contributed by atoms with E-state index >= 15 is 0 Å². The van der Waals surface area contributed by atoms with E-state index in [2.05, 4.69) is 25.2 Å². The summed E-state index contributed by atoms with van der Waals surface area (Å²) in [5.41, 5.74) is 1.52. The lowest BCUT2D eigenvalue weighted by Gasteiger charge is -2.22. The first kappa shape index (κ1) is 14.5. The van der Waals surface area contributed by atoms with Crippen LogP contribution in [0.1, 0.15) is 12.8 Å². The van der Waals surface area contributed by atoms with Crippen LogP contribution in [0.3, 0.4) is 0 Å². The van der Waals surface area contributed by atoms with Crippen molar-refractivity contribution in [3.8, 4) is 11.5 Å². The molecule has 5 rings (SSSR count). The van der Waals surface area contributed by atoms with Crippen LogP contribution in [0.4, 0.5) is 11.1 Å². The summed E-state index contributed by atoms with van der Waals surface area (Å²) >= 11 is 1.55. The molecule has 1 fully saturated rings. The summed E-state index contributed by atoms with van der Waals surface area (Å²) in [5, 5.41) is 5.69. The summed E-state index contributed by atoms with van der Waals surface area (Å²) in [4.78, 5) is 26.6. The van der Waals surface area contributed by atoms with Crippen LogP contribution < -0.4 is 19.7 Å². The van der Waals surface area contributed by atoms with Crippen LogP contribution in [0, 0.1) is 0 Å². The fraction of sp³-hybridized carbons (Fsp3) is 0.312. The number of H-pyrrole nitrogens is 1. The van der Waals surface area contributed by atoms with Gasteiger partial charge in [0.25, 0.3) is 0 Å². The number of nitrogens with one attached hydrogen (secondary N) is 2. The number of carbonyl (C=O) groups excluding carboxylic acids is 1. The SMILES string of the molecule is O=C(Nc1nc2cc3c(cc2[nH]1)OCO3)C1CCCN1c1nccs1. The number of hydrogen-bond donors (Lipinski definition) is 2. The molecule has 0 radical (unpaired) electrons. The maximum Gasteiger partial charge on any atom is 0.249 e. The predicted octanol–water partition coefficient (Wildman–Crippen LogP) is 2.36. The molecule has 9 heteroatoms. The van der Waals surface area contributed by atoms with Crippen molar-refractivity contribution >= 4 is 39.4 Å². The van der Waals surface area contributed by atoms with Gasteiger partial charge in [-0.25, -0.2) is 9.97 Å². The topological polar surface area (TPSA) is 92.4 Å². The van der Waals surface area contributed by atoms with Crippen molar-refractivity contribution in [2.75, 3.05) is 23.6 Å². The van der Waals surface area contributed by atoms with Gasteiger partial charge in [0, 0.05) is 30.3 Å². The maximum absolute atomic E-state index is 12.7. The van der Waals surface area contributed by atoms with Crippen LogP contribution in [0.15, 0.2) is 23.7 Å². The highest BCUT2D eigenvalue weighted by molar-refractivity contribution is 7.13. The summed E-state index contributed by atoms with van der Waals surface area (Å²) in [6.07, 6.45) is 3.54. The number of carbonyl (C=O) groups is 1. The fourth-order valence-electron chi connectivity index (χ4n) is 3.29. The van der Waals surface area contributed by atoms with E-state index in [0.717, 1.165) is 35.6 Å². The van der Waals surface area contributed by atoms with Gasteiger partial charge >= 0.3 is 0 Å². The Hall–Kier alpha value is -2.81. The Morgan fingerprint density at radius 1 is 1.36 bits per heavy atom. The van der Waals surface area contributed by atoms with Gasteiger partial charge in [-0.3, -0.25) is 10.1 Å². The molecular weight excluding hydrogens is 342 g/mol. The van der Waals surface area contributed by atoms with Crippen LogP contribution in [0.2, 0.25) is 0 Å². The zero-order valence-corrected chi connectivity index (χ0v) is 14.0. The number of thiazole rings is 1. The lowest BCUT2D eigenvalue weighted by Crippen LogP contribution is -2.39. The number of benzene rings is 1. The third-order valence-corrected chi connectivity index (χ3v) is 5.25. The molecule has 2 aliphatic heterocycles. The first-order chi connectivity index (χ1) is 12.3. The molecule has 0 saturated carbocycles. The number of ether oxygens (including phenoxy) is 2. The van der Waals surface area contributed by atoms with E-state index in [1.807, 2.05) is 11.4 Å². The van der Waals surface area contributed by atoms with Crippen LogP contribution >= 0.6 is 11.3 Å². The zero-order chi connectivity index (χ0) is 16.8. The quantitative estimate of drug-likeness (QED) is 0.748. The first-order valence-corrected chi connectivity index (χ1v) is 8.92. The van der Waals surface area contributed by atoms with Gasteiger partial charge in [-0.2, -0.15) is 0 Å². The van der Waals surface area contributed by atoms with Gasteiger partial charge in [-0.1, -0.05) is 0 Å². The molecule has 0 bridgehead atoms. The molecule has 2 N–H and O–H groups in total. The summed E-state index contributed by atoms with van der Waals surface area (Å²) in [6.45, 7) is 1.06. The second-order valence-corrected chi connectivity index (χ2v) is 6.84. The van der Waals surface area contributed by atoms with Crippen molar-refractivity contribution in [1.29, 1.82) is 0 Å². The Morgan fingerprint density at radius 2 is 2.24 bits per heavy atom. The number of nitrogens with zero attached hydrogens (tertiary/aromatic N) is 3. The van der Waals surface area contributed by atoms with Gasteiger partial charge in [-0.15, -0.1) is 11.3 Å². The number of fused-ring (bicyclic) bond motifs is 2. The Kier molecular flexibility index (Phi) is 3.27. The summed E-state index contributed by atoms with van der Waals surface area (Å²) < 4.78 is 10.7. The van der Waals surface area contributed by atoms with Crippen molar-refractivity contribution in [1.82, 2.24) is 15.0 Å². The number of anilines is 2. The predicted molar refractivity (Wildman–Crippen MR) is 93.3 cm³/mol. The molecule has 1 amide bonds. The van der Waals surface area contributed by atoms with Gasteiger partial charge in [0.15, 0.2) is 16.6 Å². The number of rotatable bonds is 3. The van der Waals surface area contributed by atoms with Gasteiger partial charge in [0.2, 0.25) is 18.6 Å². The third-order valence-electron chi connectivity index (χ3n) is 4.44. The minimum Gasteiger partial charge on any atom is -0.454 e. The Bertz CT molecular complexity index is 898. The van der Waals surface area contributed by atoms with Crippen LogP contribution in [0.5, 0.6) is 11.5 Å². The van der Waals surface area contributed by atoms with Crippen LogP contribution in [-0.4, -0.2) is 40.2 Å². The summed E-state index contributed by atoms with van der Waals surface area (Å²) in [7, 11) is 0. The van der Waals surface area contributed by atoms with Crippen molar-refractivity contribution in [2.45, 2.75) is 18.9 Å². The van der Waals surface area contributed by atoms with Crippen molar-refractivity contribution in [3.63, 3.8) is 0 Å². The lowest BCUT2D eigenvalue weighted by molar-refractivity contribution is -0.117. The molecule has 1 atom stereocenters. The molecule has 25 heavy (non-hydrogen) atoms. The van der Waals surface area contributed by atoms with E-state index < -0.39 is 0 Å². The molecular formula is C16H15N5O3S. The van der Waals surface area contributed by atoms with E-state index in [4.69, 9.17) is 9.47 Å². The normalized spacial score (nSPS) is 18.9. The molecule has 3 aromatic rings. The van der Waals surface area contributed by atoms with Crippen molar-refractivity contribution in [3.05, 3.63) is 23.7 Å². The number of aromatic nitrogens is 3. The molecule has 4 heterocycles. The average molecular weight is 357 g/mol. The van der Waals surface area contributed by atoms with Gasteiger partial charge in [0.05, 0.1) is 11.0 Å². The minimum atomic E-state index is -0.226. The minimum absolute atomic E-state index is 0.0770. The average Bonchev–Trinajstić information content (AvgIpc) is 3.36. The highest BCUT2D eigenvalue weighted by Gasteiger charge is 2.32. The smallest absolute Gasteiger partial charge is 0.249 e. The molecule has 2 aromatic heterocycles. The lowest BCUT2D eigenvalue weighted by atomic mass is 10.2. The molecule has 8 nitrogen and oxygen atoms in total. The van der Waals surface area contributed by atoms with E-state index in [-0.39, 0.29) is 18.7 Å². The van der Waals surface area contributed by atoms with Crippen molar-refractivity contribution in [2.24, 2.45) is 0 Å². The summed E-state index contributed by atoms with van der Waals surface area (Å²) in [6, 6.07) is 3.41. The monoisotopic (exact) mass is 357 g/mol. The van der Waals surface area contributed by atoms with Crippen molar-refractivity contribution < 1.29 is 14.3 Å². The van der Waals surface area contributed by atoms with E-state index in [9.17, 15) is 4.79 Å². The molecule has 128 valence electrons. The number of aromatic amines is 1. The van der Waals surface area contributed by atoms with Gasteiger partial charge in [0.1, 0.15) is 6.04 Å². The second-order valence-electron chi connectivity index (χ2n) is 5.96. The fourth-order valence-corrected chi connectivity index (χ4v) is 4.00. The zero-order valence-electron chi connectivity index (χ0n) is 13.2. The number of amides is 1. The number of imidazole rings is 1. The number of hydrogen-bond acceptors (Lipinski definition) is 7. The second kappa shape index (κ2) is 5.62. The Balaban J connectivity index is 1.38. The summed E-state index contributed by atoms with van der Waals surface area (Å²) in [5.74, 6) is 1.70. The Morgan fingerprint density at radius 3 is 3.08 bits per heavy atom. The molecule has 1 unspecified atom stereocenters. The van der Waals surface area contributed by atoms with E-state index in [0.29, 0.717) is 17.4 Å². The van der Waals surface area contributed by atoms with E-state index in [1.165, 1.54) is 0 Å². The van der Waals surface area contributed by atoms with Crippen LogP contribution in [-0.2, 0) is 4.79 Å². The van der Waals surface area contributed by atoms with Gasteiger partial charge < -0.3 is 19.4 Å². The third kappa shape index (κ3) is 2.47. The largest absolute Gasteiger partial charge is 0.454 e. The molecule has 2 aliphatic rings. The standard InChI is InChI=1S/C16H15N5O3S/c22-14(11-2-1-4-21(11)16-17-3-5-25-16)20-15-18-9-6-12-13(24-8-23-12)7-10(9)19-15/h3,5-7,11H,1-2,4,8H2,(H2,18,19,20,22). The molecule has 0 spiro atoms. The molecule has 1 saturated heterocycles. The molecule has 1 aromatic carbocycles. The van der Waals surface area contributed by atoms with Gasteiger partial charge in [-0.05, 0) is 12.8 Å². The Labute approximate surface area is 146 Å². The maximum atomic E-state index is 12.7. The van der Waals surface area contributed by atoms with E-state index in [1.54, 1.807) is 23.6 Å².